The Balaban J connectivity index is 1.67. The lowest BCUT2D eigenvalue weighted by Gasteiger charge is -2.31. The predicted octanol–water partition coefficient (Wildman–Crippen LogP) is 3.49. The van der Waals surface area contributed by atoms with E-state index in [0.717, 1.165) is 54.9 Å². The van der Waals surface area contributed by atoms with E-state index in [4.69, 9.17) is 0 Å². The van der Waals surface area contributed by atoms with E-state index in [1.165, 1.54) is 25.7 Å². The molecule has 5 heteroatoms. The van der Waals surface area contributed by atoms with Crippen molar-refractivity contribution in [3.05, 3.63) is 30.1 Å². The summed E-state index contributed by atoms with van der Waals surface area (Å²) in [6.45, 7) is 6.02. The molecule has 1 aromatic heterocycles. The Kier molecular flexibility index (Phi) is 4.55. The number of carbonyl (C=O) groups is 1. The largest absolute Gasteiger partial charge is 0.356 e. The Labute approximate surface area is 149 Å². The van der Waals surface area contributed by atoms with Crippen LogP contribution < -0.4 is 4.90 Å². The molecule has 0 radical (unpaired) electrons. The molecule has 0 N–H and O–H groups in total. The molecule has 2 aromatic rings. The molecule has 0 saturated carbocycles. The molecule has 25 heavy (non-hydrogen) atoms. The highest BCUT2D eigenvalue weighted by Crippen LogP contribution is 2.27. The zero-order valence-electron chi connectivity index (χ0n) is 14.9. The Morgan fingerprint density at radius 3 is 2.72 bits per heavy atom. The van der Waals surface area contributed by atoms with Crippen LogP contribution in [0, 0.1) is 5.92 Å². The minimum atomic E-state index is 0.141. The zero-order chi connectivity index (χ0) is 17.2. The Bertz CT molecular complexity index is 769. The number of piperidine rings is 2. The first-order valence-corrected chi connectivity index (χ1v) is 9.51. The maximum atomic E-state index is 12.9. The first-order valence-electron chi connectivity index (χ1n) is 9.51. The summed E-state index contributed by atoms with van der Waals surface area (Å²) in [5.41, 5.74) is 1.67. The standard InChI is InChI=1S/C20H26N4O/c1-15-6-5-11-24(13-15)20(25)16-7-8-18-17(12-16)19(22-14-21-18)23-9-3-2-4-10-23/h7-8,12,14-15H,2-6,9-11,13H2,1H3. The molecular weight excluding hydrogens is 312 g/mol. The molecule has 132 valence electrons. The molecule has 1 unspecified atom stereocenters. The fraction of sp³-hybridized carbons (Fsp3) is 0.550. The van der Waals surface area contributed by atoms with Crippen LogP contribution in [0.5, 0.6) is 0 Å². The average Bonchev–Trinajstić information content (AvgIpc) is 2.67. The lowest BCUT2D eigenvalue weighted by Crippen LogP contribution is -2.39. The number of rotatable bonds is 2. The van der Waals surface area contributed by atoms with Crippen molar-refractivity contribution in [3.63, 3.8) is 0 Å². The molecule has 1 aromatic carbocycles. The minimum Gasteiger partial charge on any atom is -0.356 e. The summed E-state index contributed by atoms with van der Waals surface area (Å²) in [5.74, 6) is 1.71. The summed E-state index contributed by atoms with van der Waals surface area (Å²) in [6, 6.07) is 5.88. The van der Waals surface area contributed by atoms with Gasteiger partial charge in [0.05, 0.1) is 5.52 Å². The second-order valence-electron chi connectivity index (χ2n) is 7.48. The van der Waals surface area contributed by atoms with Crippen LogP contribution in [0.4, 0.5) is 5.82 Å². The van der Waals surface area contributed by atoms with Gasteiger partial charge in [0.25, 0.3) is 5.91 Å². The van der Waals surface area contributed by atoms with E-state index in [9.17, 15) is 4.79 Å². The molecule has 2 fully saturated rings. The molecule has 2 aliphatic heterocycles. The van der Waals surface area contributed by atoms with Crippen molar-refractivity contribution >= 4 is 22.6 Å². The lowest BCUT2D eigenvalue weighted by atomic mass is 9.99. The van der Waals surface area contributed by atoms with Crippen molar-refractivity contribution in [1.82, 2.24) is 14.9 Å². The molecule has 2 saturated heterocycles. The maximum Gasteiger partial charge on any atom is 0.253 e. The van der Waals surface area contributed by atoms with E-state index < -0.39 is 0 Å². The SMILES string of the molecule is CC1CCCN(C(=O)c2ccc3ncnc(N4CCCCC4)c3c2)C1. The highest BCUT2D eigenvalue weighted by molar-refractivity contribution is 6.00. The average molecular weight is 338 g/mol. The van der Waals surface area contributed by atoms with E-state index in [1.807, 2.05) is 23.1 Å². The van der Waals surface area contributed by atoms with E-state index in [-0.39, 0.29) is 5.91 Å². The van der Waals surface area contributed by atoms with Crippen molar-refractivity contribution in [3.8, 4) is 0 Å². The van der Waals surface area contributed by atoms with Gasteiger partial charge in [-0.2, -0.15) is 0 Å². The van der Waals surface area contributed by atoms with Crippen LogP contribution in [-0.2, 0) is 0 Å². The predicted molar refractivity (Wildman–Crippen MR) is 99.9 cm³/mol. The third-order valence-electron chi connectivity index (χ3n) is 5.46. The van der Waals surface area contributed by atoms with E-state index >= 15 is 0 Å². The van der Waals surface area contributed by atoms with Crippen LogP contribution >= 0.6 is 0 Å². The van der Waals surface area contributed by atoms with Gasteiger partial charge >= 0.3 is 0 Å². The van der Waals surface area contributed by atoms with Gasteiger partial charge in [0.1, 0.15) is 12.1 Å². The van der Waals surface area contributed by atoms with Crippen LogP contribution in [0.1, 0.15) is 49.4 Å². The van der Waals surface area contributed by atoms with Crippen molar-refractivity contribution < 1.29 is 4.79 Å². The number of likely N-dealkylation sites (tertiary alicyclic amines) is 1. The van der Waals surface area contributed by atoms with Gasteiger partial charge in [0.2, 0.25) is 0 Å². The molecule has 1 amide bonds. The lowest BCUT2D eigenvalue weighted by molar-refractivity contribution is 0.0683. The van der Waals surface area contributed by atoms with Gasteiger partial charge in [-0.1, -0.05) is 6.92 Å². The molecule has 2 aliphatic rings. The topological polar surface area (TPSA) is 49.3 Å². The Hall–Kier alpha value is -2.17. The monoisotopic (exact) mass is 338 g/mol. The van der Waals surface area contributed by atoms with Gasteiger partial charge < -0.3 is 9.80 Å². The number of anilines is 1. The van der Waals surface area contributed by atoms with Crippen LogP contribution in [0.2, 0.25) is 0 Å². The third kappa shape index (κ3) is 3.32. The molecule has 3 heterocycles. The number of nitrogens with zero attached hydrogens (tertiary/aromatic N) is 4. The first-order chi connectivity index (χ1) is 12.2. The highest BCUT2D eigenvalue weighted by atomic mass is 16.2. The second kappa shape index (κ2) is 6.98. The van der Waals surface area contributed by atoms with Crippen molar-refractivity contribution in [2.75, 3.05) is 31.1 Å². The molecule has 0 aliphatic carbocycles. The second-order valence-corrected chi connectivity index (χ2v) is 7.48. The summed E-state index contributed by atoms with van der Waals surface area (Å²) >= 11 is 0. The van der Waals surface area contributed by atoms with E-state index in [2.05, 4.69) is 21.8 Å². The first kappa shape index (κ1) is 16.3. The summed E-state index contributed by atoms with van der Waals surface area (Å²) in [4.78, 5) is 26.2. The maximum absolute atomic E-state index is 12.9. The van der Waals surface area contributed by atoms with Gasteiger partial charge in [0.15, 0.2) is 0 Å². The zero-order valence-corrected chi connectivity index (χ0v) is 14.9. The summed E-state index contributed by atoms with van der Waals surface area (Å²) in [7, 11) is 0. The number of carbonyl (C=O) groups excluding carboxylic acids is 1. The Morgan fingerprint density at radius 2 is 1.92 bits per heavy atom. The van der Waals surface area contributed by atoms with Crippen LogP contribution in [-0.4, -0.2) is 47.0 Å². The number of amides is 1. The van der Waals surface area contributed by atoms with Gasteiger partial charge in [-0.3, -0.25) is 4.79 Å². The van der Waals surface area contributed by atoms with Crippen molar-refractivity contribution in [1.29, 1.82) is 0 Å². The molecule has 1 atom stereocenters. The number of hydrogen-bond acceptors (Lipinski definition) is 4. The fourth-order valence-corrected chi connectivity index (χ4v) is 4.09. The minimum absolute atomic E-state index is 0.141. The van der Waals surface area contributed by atoms with E-state index in [1.54, 1.807) is 6.33 Å². The molecule has 4 rings (SSSR count). The van der Waals surface area contributed by atoms with E-state index in [0.29, 0.717) is 5.92 Å². The quantitative estimate of drug-likeness (QED) is 0.841. The summed E-state index contributed by atoms with van der Waals surface area (Å²) < 4.78 is 0. The Morgan fingerprint density at radius 1 is 1.08 bits per heavy atom. The molecular formula is C20H26N4O. The smallest absolute Gasteiger partial charge is 0.253 e. The number of hydrogen-bond donors (Lipinski definition) is 0. The summed E-state index contributed by atoms with van der Waals surface area (Å²) in [6.07, 6.45) is 7.65. The number of aromatic nitrogens is 2. The molecule has 0 spiro atoms. The van der Waals surface area contributed by atoms with Crippen molar-refractivity contribution in [2.45, 2.75) is 39.0 Å². The number of benzene rings is 1. The number of fused-ring (bicyclic) bond motifs is 1. The van der Waals surface area contributed by atoms with Crippen LogP contribution in [0.25, 0.3) is 10.9 Å². The van der Waals surface area contributed by atoms with Crippen molar-refractivity contribution in [2.24, 2.45) is 5.92 Å². The van der Waals surface area contributed by atoms with Crippen LogP contribution in [0.3, 0.4) is 0 Å². The van der Waals surface area contributed by atoms with Gasteiger partial charge in [-0.25, -0.2) is 9.97 Å². The normalized spacial score (nSPS) is 21.6. The molecule has 5 nitrogen and oxygen atoms in total. The van der Waals surface area contributed by atoms with Gasteiger partial charge in [-0.15, -0.1) is 0 Å². The molecule has 0 bridgehead atoms. The fourth-order valence-electron chi connectivity index (χ4n) is 4.09. The highest BCUT2D eigenvalue weighted by Gasteiger charge is 2.23. The van der Waals surface area contributed by atoms with Gasteiger partial charge in [0, 0.05) is 37.1 Å². The van der Waals surface area contributed by atoms with Gasteiger partial charge in [-0.05, 0) is 56.2 Å². The summed E-state index contributed by atoms with van der Waals surface area (Å²) in [5, 5.41) is 1.00. The van der Waals surface area contributed by atoms with Crippen LogP contribution in [0.15, 0.2) is 24.5 Å². The third-order valence-corrected chi connectivity index (χ3v) is 5.46.